The quantitative estimate of drug-likeness (QED) is 0.815. The van der Waals surface area contributed by atoms with Gasteiger partial charge < -0.3 is 5.32 Å². The fourth-order valence-electron chi connectivity index (χ4n) is 2.13. The highest BCUT2D eigenvalue weighted by molar-refractivity contribution is 7.89. The summed E-state index contributed by atoms with van der Waals surface area (Å²) in [7, 11) is -3.26. The van der Waals surface area contributed by atoms with E-state index in [1.54, 1.807) is 10.4 Å². The van der Waals surface area contributed by atoms with Gasteiger partial charge in [-0.1, -0.05) is 6.92 Å². The minimum Gasteiger partial charge on any atom is -0.312 e. The van der Waals surface area contributed by atoms with E-state index in [4.69, 9.17) is 0 Å². The van der Waals surface area contributed by atoms with E-state index in [9.17, 15) is 8.42 Å². The van der Waals surface area contributed by atoms with E-state index in [1.807, 2.05) is 5.38 Å². The lowest BCUT2D eigenvalue weighted by Crippen LogP contribution is -2.28. The molecule has 18 heavy (non-hydrogen) atoms. The third kappa shape index (κ3) is 2.93. The summed E-state index contributed by atoms with van der Waals surface area (Å²) < 4.78 is 26.5. The molecule has 0 atom stereocenters. The Balaban J connectivity index is 2.14. The van der Waals surface area contributed by atoms with Crippen molar-refractivity contribution in [1.82, 2.24) is 9.62 Å². The zero-order valence-electron chi connectivity index (χ0n) is 10.7. The van der Waals surface area contributed by atoms with Crippen LogP contribution in [0.2, 0.25) is 0 Å². The second-order valence-electron chi connectivity index (χ2n) is 4.50. The van der Waals surface area contributed by atoms with E-state index < -0.39 is 10.0 Å². The third-order valence-electron chi connectivity index (χ3n) is 3.10. The Kier molecular flexibility index (Phi) is 4.77. The molecule has 102 valence electrons. The smallest absolute Gasteiger partial charge is 0.244 e. The summed E-state index contributed by atoms with van der Waals surface area (Å²) in [5.74, 6) is 0. The molecule has 6 heteroatoms. The summed E-state index contributed by atoms with van der Waals surface area (Å²) in [6.45, 7) is 5.00. The standard InChI is InChI=1S/C12H20N2O2S2/c1-2-6-13-10-11-12(5-9-17-11)18(15,16)14-7-3-4-8-14/h5,9,13H,2-4,6-8,10H2,1H3. The van der Waals surface area contributed by atoms with Crippen LogP contribution in [0.5, 0.6) is 0 Å². The number of hydrogen-bond acceptors (Lipinski definition) is 4. The molecule has 1 saturated heterocycles. The number of nitrogens with one attached hydrogen (secondary N) is 1. The molecule has 0 aromatic carbocycles. The number of sulfonamides is 1. The Morgan fingerprint density at radius 3 is 2.78 bits per heavy atom. The first kappa shape index (κ1) is 14.0. The van der Waals surface area contributed by atoms with Gasteiger partial charge in [0.05, 0.1) is 4.90 Å². The Morgan fingerprint density at radius 2 is 2.11 bits per heavy atom. The van der Waals surface area contributed by atoms with Gasteiger partial charge in [-0.2, -0.15) is 4.31 Å². The van der Waals surface area contributed by atoms with E-state index in [2.05, 4.69) is 12.2 Å². The fraction of sp³-hybridized carbons (Fsp3) is 0.667. The van der Waals surface area contributed by atoms with Gasteiger partial charge in [-0.25, -0.2) is 8.42 Å². The molecule has 1 aliphatic heterocycles. The average molecular weight is 288 g/mol. The molecule has 4 nitrogen and oxygen atoms in total. The molecule has 0 amide bonds. The van der Waals surface area contributed by atoms with E-state index in [0.29, 0.717) is 24.5 Å². The lowest BCUT2D eigenvalue weighted by atomic mass is 10.4. The van der Waals surface area contributed by atoms with Crippen molar-refractivity contribution in [2.45, 2.75) is 37.6 Å². The molecule has 0 unspecified atom stereocenters. The van der Waals surface area contributed by atoms with Crippen molar-refractivity contribution in [2.24, 2.45) is 0 Å². The highest BCUT2D eigenvalue weighted by Crippen LogP contribution is 2.27. The Labute approximate surface area is 113 Å². The lowest BCUT2D eigenvalue weighted by Gasteiger charge is -2.15. The number of thiophene rings is 1. The average Bonchev–Trinajstić information content (AvgIpc) is 3.01. The molecule has 0 aliphatic carbocycles. The normalized spacial score (nSPS) is 17.4. The molecule has 1 aromatic heterocycles. The summed E-state index contributed by atoms with van der Waals surface area (Å²) in [5.41, 5.74) is 0. The van der Waals surface area contributed by atoms with Gasteiger partial charge in [0.2, 0.25) is 10.0 Å². The molecule has 1 aromatic rings. The van der Waals surface area contributed by atoms with E-state index in [0.717, 1.165) is 30.7 Å². The Bertz CT molecular complexity index is 476. The van der Waals surface area contributed by atoms with Gasteiger partial charge >= 0.3 is 0 Å². The molecule has 0 radical (unpaired) electrons. The van der Waals surface area contributed by atoms with Crippen LogP contribution in [-0.2, 0) is 16.6 Å². The zero-order chi connectivity index (χ0) is 13.0. The first-order valence-corrected chi connectivity index (χ1v) is 8.75. The minimum absolute atomic E-state index is 0.498. The largest absolute Gasteiger partial charge is 0.312 e. The number of rotatable bonds is 6. The monoisotopic (exact) mass is 288 g/mol. The van der Waals surface area contributed by atoms with E-state index >= 15 is 0 Å². The Morgan fingerprint density at radius 1 is 1.39 bits per heavy atom. The lowest BCUT2D eigenvalue weighted by molar-refractivity contribution is 0.476. The number of nitrogens with zero attached hydrogens (tertiary/aromatic N) is 1. The van der Waals surface area contributed by atoms with Crippen LogP contribution in [0, 0.1) is 0 Å². The minimum atomic E-state index is -3.26. The fourth-order valence-corrected chi connectivity index (χ4v) is 5.04. The molecule has 0 saturated carbocycles. The summed E-state index contributed by atoms with van der Waals surface area (Å²) in [5, 5.41) is 5.13. The van der Waals surface area contributed by atoms with Crippen molar-refractivity contribution < 1.29 is 8.42 Å². The van der Waals surface area contributed by atoms with Crippen LogP contribution >= 0.6 is 11.3 Å². The molecular formula is C12H20N2O2S2. The molecule has 1 N–H and O–H groups in total. The molecule has 0 bridgehead atoms. The van der Waals surface area contributed by atoms with Crippen molar-refractivity contribution in [3.05, 3.63) is 16.3 Å². The number of hydrogen-bond donors (Lipinski definition) is 1. The van der Waals surface area contributed by atoms with Crippen LogP contribution in [0.4, 0.5) is 0 Å². The van der Waals surface area contributed by atoms with Crippen molar-refractivity contribution in [3.8, 4) is 0 Å². The van der Waals surface area contributed by atoms with Gasteiger partial charge in [0.15, 0.2) is 0 Å². The SMILES string of the molecule is CCCNCc1sccc1S(=O)(=O)N1CCCC1. The zero-order valence-corrected chi connectivity index (χ0v) is 12.3. The molecule has 0 spiro atoms. The van der Waals surface area contributed by atoms with Gasteiger partial charge in [-0.3, -0.25) is 0 Å². The van der Waals surface area contributed by atoms with Crippen LogP contribution in [-0.4, -0.2) is 32.4 Å². The summed E-state index contributed by atoms with van der Waals surface area (Å²) >= 11 is 1.52. The van der Waals surface area contributed by atoms with Crippen LogP contribution in [0.25, 0.3) is 0 Å². The predicted molar refractivity (Wildman–Crippen MR) is 74.3 cm³/mol. The summed E-state index contributed by atoms with van der Waals surface area (Å²) in [4.78, 5) is 1.42. The van der Waals surface area contributed by atoms with Crippen molar-refractivity contribution in [2.75, 3.05) is 19.6 Å². The van der Waals surface area contributed by atoms with Crippen LogP contribution in [0.15, 0.2) is 16.3 Å². The van der Waals surface area contributed by atoms with Crippen LogP contribution in [0.3, 0.4) is 0 Å². The third-order valence-corrected chi connectivity index (χ3v) is 6.13. The molecule has 1 aliphatic rings. The molecule has 1 fully saturated rings. The van der Waals surface area contributed by atoms with Gasteiger partial charge in [0.25, 0.3) is 0 Å². The molecule has 2 rings (SSSR count). The van der Waals surface area contributed by atoms with E-state index in [1.165, 1.54) is 11.3 Å². The van der Waals surface area contributed by atoms with Crippen molar-refractivity contribution >= 4 is 21.4 Å². The second-order valence-corrected chi connectivity index (χ2v) is 7.40. The maximum absolute atomic E-state index is 12.5. The summed E-state index contributed by atoms with van der Waals surface area (Å²) in [6.07, 6.45) is 3.01. The van der Waals surface area contributed by atoms with Gasteiger partial charge in [-0.05, 0) is 37.3 Å². The van der Waals surface area contributed by atoms with Crippen molar-refractivity contribution in [1.29, 1.82) is 0 Å². The first-order chi connectivity index (χ1) is 8.66. The highest BCUT2D eigenvalue weighted by Gasteiger charge is 2.29. The van der Waals surface area contributed by atoms with Crippen LogP contribution < -0.4 is 5.32 Å². The maximum Gasteiger partial charge on any atom is 0.244 e. The maximum atomic E-state index is 12.5. The molecular weight excluding hydrogens is 268 g/mol. The highest BCUT2D eigenvalue weighted by atomic mass is 32.2. The van der Waals surface area contributed by atoms with Crippen LogP contribution in [0.1, 0.15) is 31.1 Å². The Hall–Kier alpha value is -0.430. The topological polar surface area (TPSA) is 49.4 Å². The van der Waals surface area contributed by atoms with Crippen molar-refractivity contribution in [3.63, 3.8) is 0 Å². The second kappa shape index (κ2) is 6.14. The molecule has 2 heterocycles. The first-order valence-electron chi connectivity index (χ1n) is 6.43. The van der Waals surface area contributed by atoms with Gasteiger partial charge in [0, 0.05) is 24.5 Å². The van der Waals surface area contributed by atoms with Gasteiger partial charge in [-0.15, -0.1) is 11.3 Å². The predicted octanol–water partition coefficient (Wildman–Crippen LogP) is 2.03. The summed E-state index contributed by atoms with van der Waals surface area (Å²) in [6, 6.07) is 1.74. The van der Waals surface area contributed by atoms with E-state index in [-0.39, 0.29) is 0 Å². The van der Waals surface area contributed by atoms with Gasteiger partial charge in [0.1, 0.15) is 0 Å².